The fraction of sp³-hybridized carbons (Fsp3) is 0.394. The lowest BCUT2D eigenvalue weighted by Crippen LogP contribution is -1.97. The van der Waals surface area contributed by atoms with Gasteiger partial charge in [0.05, 0.1) is 0 Å². The normalized spacial score (nSPS) is 11.9. The molecule has 0 radical (unpaired) electrons. The highest BCUT2D eigenvalue weighted by molar-refractivity contribution is 5.71. The Kier molecular flexibility index (Phi) is 10.0. The number of phenolic OH excluding ortho intramolecular Hbond substituents is 1. The van der Waals surface area contributed by atoms with E-state index in [1.165, 1.54) is 54.4 Å². The molecule has 1 unspecified atom stereocenters. The minimum absolute atomic E-state index is 0.414. The van der Waals surface area contributed by atoms with Crippen LogP contribution in [0.4, 0.5) is 0 Å². The first-order valence-electron chi connectivity index (χ1n) is 13.1. The fourth-order valence-electron chi connectivity index (χ4n) is 4.46. The van der Waals surface area contributed by atoms with E-state index in [0.717, 1.165) is 36.0 Å². The summed E-state index contributed by atoms with van der Waals surface area (Å²) in [6.45, 7) is 8.87. The molecule has 0 aliphatic heterocycles. The Morgan fingerprint density at radius 2 is 1.35 bits per heavy atom. The molecule has 1 atom stereocenters. The summed E-state index contributed by atoms with van der Waals surface area (Å²) >= 11 is 0. The van der Waals surface area contributed by atoms with Crippen molar-refractivity contribution >= 4 is 0 Å². The summed E-state index contributed by atoms with van der Waals surface area (Å²) in [7, 11) is 0. The van der Waals surface area contributed by atoms with E-state index in [1.807, 2.05) is 6.07 Å². The number of unbranched alkanes of at least 4 members (excludes halogenated alkanes) is 2. The largest absolute Gasteiger partial charge is 0.508 e. The zero-order valence-electron chi connectivity index (χ0n) is 21.6. The third kappa shape index (κ3) is 7.90. The maximum Gasteiger partial charge on any atom is 0.119 e. The number of hydrogen-bond acceptors (Lipinski definition) is 1. The molecule has 1 nitrogen and oxygen atoms in total. The highest BCUT2D eigenvalue weighted by Gasteiger charge is 2.08. The number of aryl methyl sites for hydroxylation is 2. The van der Waals surface area contributed by atoms with Gasteiger partial charge in [-0.15, -0.1) is 0 Å². The highest BCUT2D eigenvalue weighted by atomic mass is 16.3. The predicted octanol–water partition coefficient (Wildman–Crippen LogP) is 9.77. The molecule has 0 spiro atoms. The molecule has 3 aromatic carbocycles. The van der Waals surface area contributed by atoms with Crippen LogP contribution in [0.15, 0.2) is 78.4 Å². The Morgan fingerprint density at radius 3 is 1.94 bits per heavy atom. The van der Waals surface area contributed by atoms with Gasteiger partial charge in [0.25, 0.3) is 0 Å². The molecule has 0 aromatic heterocycles. The third-order valence-corrected chi connectivity index (χ3v) is 6.78. The Morgan fingerprint density at radius 1 is 0.765 bits per heavy atom. The van der Waals surface area contributed by atoms with E-state index in [4.69, 9.17) is 0 Å². The van der Waals surface area contributed by atoms with Gasteiger partial charge in [-0.1, -0.05) is 99.0 Å². The second-order valence-corrected chi connectivity index (χ2v) is 10.1. The van der Waals surface area contributed by atoms with Crippen molar-refractivity contribution in [3.8, 4) is 28.0 Å². The predicted molar refractivity (Wildman–Crippen MR) is 148 cm³/mol. The third-order valence-electron chi connectivity index (χ3n) is 6.78. The number of hydrogen-bond donors (Lipinski definition) is 1. The summed E-state index contributed by atoms with van der Waals surface area (Å²) in [6, 6.07) is 23.8. The lowest BCUT2D eigenvalue weighted by molar-refractivity contribution is 0.455. The SMILES string of the molecule is CCCCCc1ccc(-c2ccc(-c3ccc(CCC(C)CCC=C(C)C)c(O)c3)cc2)cc1. The van der Waals surface area contributed by atoms with Gasteiger partial charge in [-0.3, -0.25) is 0 Å². The molecule has 0 fully saturated rings. The quantitative estimate of drug-likeness (QED) is 0.213. The van der Waals surface area contributed by atoms with Crippen LogP contribution in [-0.4, -0.2) is 5.11 Å². The Bertz CT molecular complexity index is 1040. The zero-order valence-corrected chi connectivity index (χ0v) is 21.6. The molecular weight excluding hydrogens is 412 g/mol. The molecule has 1 heteroatoms. The molecule has 0 bridgehead atoms. The van der Waals surface area contributed by atoms with Crippen LogP contribution in [0.3, 0.4) is 0 Å². The number of aromatic hydroxyl groups is 1. The van der Waals surface area contributed by atoms with Gasteiger partial charge in [-0.05, 0) is 97.7 Å². The molecule has 0 saturated carbocycles. The van der Waals surface area contributed by atoms with Crippen LogP contribution in [0.2, 0.25) is 0 Å². The number of rotatable bonds is 12. The van der Waals surface area contributed by atoms with Crippen LogP contribution in [0.25, 0.3) is 22.3 Å². The van der Waals surface area contributed by atoms with Crippen molar-refractivity contribution in [2.45, 2.75) is 79.1 Å². The van der Waals surface area contributed by atoms with Crippen molar-refractivity contribution in [2.75, 3.05) is 0 Å². The maximum absolute atomic E-state index is 10.6. The van der Waals surface area contributed by atoms with E-state index in [0.29, 0.717) is 11.7 Å². The molecule has 3 aromatic rings. The molecule has 0 saturated heterocycles. The first kappa shape index (κ1) is 25.8. The zero-order chi connectivity index (χ0) is 24.3. The summed E-state index contributed by atoms with van der Waals surface area (Å²) in [5.41, 5.74) is 8.55. The van der Waals surface area contributed by atoms with Crippen molar-refractivity contribution in [3.63, 3.8) is 0 Å². The topological polar surface area (TPSA) is 20.2 Å². The van der Waals surface area contributed by atoms with Gasteiger partial charge < -0.3 is 5.11 Å². The molecular formula is C33H42O. The van der Waals surface area contributed by atoms with Gasteiger partial charge in [0.2, 0.25) is 0 Å². The van der Waals surface area contributed by atoms with Gasteiger partial charge in [-0.2, -0.15) is 0 Å². The Balaban J connectivity index is 1.59. The van der Waals surface area contributed by atoms with E-state index in [2.05, 4.69) is 94.4 Å². The molecule has 0 amide bonds. The second kappa shape index (κ2) is 13.2. The monoisotopic (exact) mass is 454 g/mol. The van der Waals surface area contributed by atoms with Crippen LogP contribution < -0.4 is 0 Å². The molecule has 34 heavy (non-hydrogen) atoms. The molecule has 0 aliphatic rings. The van der Waals surface area contributed by atoms with Crippen LogP contribution in [0, 0.1) is 5.92 Å². The van der Waals surface area contributed by atoms with Gasteiger partial charge in [-0.25, -0.2) is 0 Å². The van der Waals surface area contributed by atoms with Gasteiger partial charge in [0.15, 0.2) is 0 Å². The molecule has 0 aliphatic carbocycles. The molecule has 0 heterocycles. The average molecular weight is 455 g/mol. The highest BCUT2D eigenvalue weighted by Crippen LogP contribution is 2.30. The first-order valence-corrected chi connectivity index (χ1v) is 13.1. The van der Waals surface area contributed by atoms with Crippen molar-refractivity contribution in [1.29, 1.82) is 0 Å². The second-order valence-electron chi connectivity index (χ2n) is 10.1. The lowest BCUT2D eigenvalue weighted by atomic mass is 9.94. The van der Waals surface area contributed by atoms with E-state index >= 15 is 0 Å². The Hall–Kier alpha value is -2.80. The summed E-state index contributed by atoms with van der Waals surface area (Å²) < 4.78 is 0. The van der Waals surface area contributed by atoms with Gasteiger partial charge in [0, 0.05) is 0 Å². The number of allylic oxidation sites excluding steroid dienone is 2. The average Bonchev–Trinajstić information content (AvgIpc) is 2.84. The summed E-state index contributed by atoms with van der Waals surface area (Å²) in [6.07, 6.45) is 11.7. The van der Waals surface area contributed by atoms with E-state index in [1.54, 1.807) is 0 Å². The summed E-state index contributed by atoms with van der Waals surface area (Å²) in [4.78, 5) is 0. The summed E-state index contributed by atoms with van der Waals surface area (Å²) in [5, 5.41) is 10.6. The van der Waals surface area contributed by atoms with Crippen molar-refractivity contribution in [1.82, 2.24) is 0 Å². The first-order chi connectivity index (χ1) is 16.5. The molecule has 180 valence electrons. The van der Waals surface area contributed by atoms with E-state index in [-0.39, 0.29) is 0 Å². The minimum atomic E-state index is 0.414. The maximum atomic E-state index is 10.6. The van der Waals surface area contributed by atoms with Gasteiger partial charge >= 0.3 is 0 Å². The van der Waals surface area contributed by atoms with Crippen LogP contribution in [-0.2, 0) is 12.8 Å². The molecule has 3 rings (SSSR count). The minimum Gasteiger partial charge on any atom is -0.508 e. The molecule has 1 N–H and O–H groups in total. The number of benzene rings is 3. The van der Waals surface area contributed by atoms with Crippen LogP contribution in [0.1, 0.15) is 77.3 Å². The number of phenols is 1. The van der Waals surface area contributed by atoms with Crippen LogP contribution in [0.5, 0.6) is 5.75 Å². The van der Waals surface area contributed by atoms with E-state index in [9.17, 15) is 5.11 Å². The smallest absolute Gasteiger partial charge is 0.119 e. The summed E-state index contributed by atoms with van der Waals surface area (Å²) in [5.74, 6) is 1.07. The van der Waals surface area contributed by atoms with Crippen molar-refractivity contribution in [3.05, 3.63) is 89.5 Å². The van der Waals surface area contributed by atoms with E-state index < -0.39 is 0 Å². The Labute approximate surface area is 207 Å². The van der Waals surface area contributed by atoms with Gasteiger partial charge in [0.1, 0.15) is 5.75 Å². The standard InChI is InChI=1S/C33H42O/c1-5-6-7-11-27-13-16-28(17-14-27)29-18-20-30(21-19-29)32-23-22-31(33(34)24-32)15-12-26(4)10-8-9-25(2)3/h9,13-14,16-24,26,34H,5-8,10-12,15H2,1-4H3. The van der Waals surface area contributed by atoms with Crippen molar-refractivity contribution in [2.24, 2.45) is 5.92 Å². The fourth-order valence-corrected chi connectivity index (χ4v) is 4.46. The van der Waals surface area contributed by atoms with Crippen LogP contribution >= 0.6 is 0 Å². The lowest BCUT2D eigenvalue weighted by Gasteiger charge is -2.12. The van der Waals surface area contributed by atoms with Crippen molar-refractivity contribution < 1.29 is 5.11 Å².